The molecule has 0 atom stereocenters. The highest BCUT2D eigenvalue weighted by Crippen LogP contribution is 2.55. The van der Waals surface area contributed by atoms with Crippen molar-refractivity contribution >= 4 is 153 Å². The number of hydrogen-bond donors (Lipinski definition) is 0. The molecule has 4 aliphatic rings. The van der Waals surface area contributed by atoms with Crippen LogP contribution in [0.15, 0.2) is 421 Å². The van der Waals surface area contributed by atoms with Gasteiger partial charge in [0.2, 0.25) is 0 Å². The van der Waals surface area contributed by atoms with Crippen molar-refractivity contribution in [3.05, 3.63) is 461 Å². The van der Waals surface area contributed by atoms with Crippen LogP contribution in [0.5, 0.6) is 0 Å². The summed E-state index contributed by atoms with van der Waals surface area (Å²) >= 11 is 0. The molecule has 0 saturated heterocycles. The third-order valence-corrected chi connectivity index (χ3v) is 33.7. The van der Waals surface area contributed by atoms with Gasteiger partial charge in [0.25, 0.3) is 0 Å². The van der Waals surface area contributed by atoms with Crippen LogP contribution in [0, 0.1) is 0 Å². The Bertz CT molecular complexity index is 9510. The third-order valence-electron chi connectivity index (χ3n) is 33.7. The maximum Gasteiger partial charge on any atom is 0.143 e. The molecule has 0 unspecified atom stereocenters. The van der Waals surface area contributed by atoms with E-state index in [1.54, 1.807) is 0 Å². The molecular formula is C136H113N5O. The summed E-state index contributed by atoms with van der Waals surface area (Å²) < 4.78 is 18.5. The molecule has 0 aliphatic heterocycles. The van der Waals surface area contributed by atoms with Crippen LogP contribution < -0.4 is 0 Å². The maximum atomic E-state index is 6.32. The van der Waals surface area contributed by atoms with Gasteiger partial charge in [-0.1, -0.05) is 314 Å². The first-order valence-electron chi connectivity index (χ1n) is 50.3. The average molecular weight is 1830 g/mol. The number of allylic oxidation sites excluding steroid dienone is 8. The number of rotatable bonds is 8. The SMILES string of the molecule is CC1=C(C)C(C)(C)c2cc3c4ccccc4n(-c4cc(-c5ccccc5)cc(-c5ccccc5)c4)c3cc21.CC1=C(C)C(C)(C)c2cc3c4ccccc4n(-c4ccc(-c5cccc6c5oc5ccccc56)cc4)c3cc21.CC1=C(C)C(C)(C)c2cc3c4ccccc4n(-c4ccc5c(c4)c4ccccc4n5-c4ccccc4)c3cc21.CC1=C(C)C(C)(C)c2cc3c4ccccc4n(-c4ccccc4)c3cc21. The first-order valence-corrected chi connectivity index (χ1v) is 50.3. The largest absolute Gasteiger partial charge is 0.455 e. The first kappa shape index (κ1) is 87.2. The van der Waals surface area contributed by atoms with Crippen molar-refractivity contribution in [2.75, 3.05) is 0 Å². The Hall–Kier alpha value is -16.3. The molecule has 142 heavy (non-hydrogen) atoms. The fourth-order valence-corrected chi connectivity index (χ4v) is 24.6. The Kier molecular flexibility index (Phi) is 20.1. The summed E-state index contributed by atoms with van der Waals surface area (Å²) in [5.41, 5.74) is 50.6. The monoisotopic (exact) mass is 1830 g/mol. The summed E-state index contributed by atoms with van der Waals surface area (Å²) in [7, 11) is 0. The van der Waals surface area contributed by atoms with Crippen LogP contribution in [0.3, 0.4) is 0 Å². The molecule has 0 bridgehead atoms. The van der Waals surface area contributed by atoms with Crippen LogP contribution in [0.4, 0.5) is 0 Å². The molecule has 0 saturated carbocycles. The Morgan fingerprint density at radius 2 is 0.444 bits per heavy atom. The van der Waals surface area contributed by atoms with Crippen LogP contribution >= 0.6 is 0 Å². The van der Waals surface area contributed by atoms with Crippen LogP contribution in [0.25, 0.3) is 215 Å². The summed E-state index contributed by atoms with van der Waals surface area (Å²) in [5, 5.41) is 15.4. The molecule has 18 aromatic carbocycles. The zero-order valence-corrected chi connectivity index (χ0v) is 83.7. The predicted octanol–water partition coefficient (Wildman–Crippen LogP) is 37.5. The molecule has 0 radical (unpaired) electrons. The number of benzene rings is 18. The summed E-state index contributed by atoms with van der Waals surface area (Å²) in [6, 6.07) is 144. The van der Waals surface area contributed by atoms with Gasteiger partial charge in [0.15, 0.2) is 0 Å². The highest BCUT2D eigenvalue weighted by atomic mass is 16.3. The van der Waals surface area contributed by atoms with Gasteiger partial charge in [-0.05, 0) is 308 Å². The highest BCUT2D eigenvalue weighted by molar-refractivity contribution is 6.17. The summed E-state index contributed by atoms with van der Waals surface area (Å²) in [6.45, 7) is 37.1. The van der Waals surface area contributed by atoms with E-state index in [1.807, 2.05) is 12.1 Å². The van der Waals surface area contributed by atoms with Crippen LogP contribution in [-0.2, 0) is 21.7 Å². The predicted molar refractivity (Wildman–Crippen MR) is 606 cm³/mol. The lowest BCUT2D eigenvalue weighted by Gasteiger charge is -2.22. The molecule has 0 N–H and O–H groups in total. The lowest BCUT2D eigenvalue weighted by molar-refractivity contribution is 0.639. The van der Waals surface area contributed by atoms with Gasteiger partial charge in [0, 0.05) is 120 Å². The zero-order valence-electron chi connectivity index (χ0n) is 83.7. The zero-order chi connectivity index (χ0) is 97.0. The minimum atomic E-state index is 0.0461. The van der Waals surface area contributed by atoms with Gasteiger partial charge >= 0.3 is 0 Å². The lowest BCUT2D eigenvalue weighted by Crippen LogP contribution is -2.15. The Labute approximate surface area is 830 Å². The van der Waals surface area contributed by atoms with Crippen molar-refractivity contribution in [2.24, 2.45) is 0 Å². The van der Waals surface area contributed by atoms with E-state index in [4.69, 9.17) is 4.42 Å². The normalized spacial score (nSPS) is 14.9. The van der Waals surface area contributed by atoms with Crippen molar-refractivity contribution in [3.8, 4) is 61.8 Å². The number of para-hydroxylation sites is 9. The number of nitrogens with zero attached hydrogens (tertiary/aromatic N) is 5. The molecule has 0 amide bonds. The fraction of sp³-hybridized carbons (Fsp3) is 0.147. The molecule has 6 aromatic heterocycles. The smallest absolute Gasteiger partial charge is 0.143 e. The number of aromatic nitrogens is 5. The van der Waals surface area contributed by atoms with Crippen LogP contribution in [0.1, 0.15) is 155 Å². The Balaban J connectivity index is 0.000000101. The Morgan fingerprint density at radius 3 is 0.810 bits per heavy atom. The molecule has 0 spiro atoms. The van der Waals surface area contributed by atoms with Crippen molar-refractivity contribution < 1.29 is 4.42 Å². The summed E-state index contributed by atoms with van der Waals surface area (Å²) in [6.07, 6.45) is 0. The quantitative estimate of drug-likeness (QED) is 0.149. The minimum absolute atomic E-state index is 0.0461. The molecule has 24 aromatic rings. The number of furan rings is 1. The van der Waals surface area contributed by atoms with Crippen LogP contribution in [-0.4, -0.2) is 22.8 Å². The van der Waals surface area contributed by atoms with E-state index in [0.717, 1.165) is 38.8 Å². The summed E-state index contributed by atoms with van der Waals surface area (Å²) in [5.74, 6) is 0. The molecule has 0 fully saturated rings. The van der Waals surface area contributed by atoms with Crippen LogP contribution in [0.2, 0.25) is 0 Å². The maximum absolute atomic E-state index is 6.32. The Morgan fingerprint density at radius 1 is 0.169 bits per heavy atom. The van der Waals surface area contributed by atoms with Crippen molar-refractivity contribution in [1.29, 1.82) is 0 Å². The van der Waals surface area contributed by atoms with E-state index in [9.17, 15) is 0 Å². The second kappa shape index (κ2) is 32.7. The van der Waals surface area contributed by atoms with Crippen molar-refractivity contribution in [1.82, 2.24) is 22.8 Å². The van der Waals surface area contributed by atoms with Gasteiger partial charge in [-0.25, -0.2) is 0 Å². The lowest BCUT2D eigenvalue weighted by atomic mass is 9.81. The van der Waals surface area contributed by atoms with E-state index in [-0.39, 0.29) is 21.7 Å². The van der Waals surface area contributed by atoms with E-state index >= 15 is 0 Å². The average Bonchev–Trinajstić information content (AvgIpc) is 1.56. The fourth-order valence-electron chi connectivity index (χ4n) is 24.6. The molecular weight excluding hydrogens is 1720 g/mol. The highest BCUT2D eigenvalue weighted by Gasteiger charge is 2.40. The molecule has 28 rings (SSSR count). The number of fused-ring (bicyclic) bond motifs is 22. The van der Waals surface area contributed by atoms with E-state index < -0.39 is 0 Å². The van der Waals surface area contributed by atoms with Gasteiger partial charge in [-0.2, -0.15) is 0 Å². The first-order chi connectivity index (χ1) is 68.8. The van der Waals surface area contributed by atoms with Gasteiger partial charge in [-0.3, -0.25) is 0 Å². The number of hydrogen-bond acceptors (Lipinski definition) is 1. The standard InChI is InChI=1S/C37H30N2.C37H29NO.C37H31N.C25H23N/c1-23-24(2)37(3,4)32-21-31-28-15-9-11-17-34(28)39(36(31)22-29(23)32)26-18-19-35-30(20-26)27-14-8-10-16-33(27)38(35)25-12-6-5-7-13-25;1-22-23(2)37(3,4)32-20-31-27-10-5-7-14-33(27)38(34(31)21-30(22)32)25-18-16-24(17-19-25)26-12-9-13-29-28-11-6-8-15-35(28)39-36(26)29;1-24-25(2)37(3,4)34-22-33-31-17-11-12-18-35(31)38(36(33)23-32(24)34)30-20-28(26-13-7-5-8-14-26)19-29(21-30)27-15-9-6-10-16-27;1-16-17(2)25(3,4)22-14-21-19-12-8-9-13-23(19)26(24(21)15-20(16)22)18-10-6-5-7-11-18/h5-22H,1-4H3;5-21H,1-4H3;5-23H,1-4H3;5-15H,1-4H3. The van der Waals surface area contributed by atoms with E-state index in [1.165, 1.54) is 243 Å². The van der Waals surface area contributed by atoms with Crippen molar-refractivity contribution in [2.45, 2.75) is 132 Å². The molecule has 4 aliphatic carbocycles. The van der Waals surface area contributed by atoms with Crippen molar-refractivity contribution in [3.63, 3.8) is 0 Å². The second-order valence-corrected chi connectivity index (χ2v) is 42.1. The van der Waals surface area contributed by atoms with Gasteiger partial charge in [-0.15, -0.1) is 0 Å². The minimum Gasteiger partial charge on any atom is -0.455 e. The van der Waals surface area contributed by atoms with Gasteiger partial charge in [0.05, 0.1) is 55.2 Å². The summed E-state index contributed by atoms with van der Waals surface area (Å²) in [4.78, 5) is 0. The van der Waals surface area contributed by atoms with E-state index in [0.29, 0.717) is 0 Å². The third kappa shape index (κ3) is 13.3. The molecule has 6 heterocycles. The molecule has 6 nitrogen and oxygen atoms in total. The van der Waals surface area contributed by atoms with E-state index in [2.05, 4.69) is 516 Å². The topological polar surface area (TPSA) is 37.8 Å². The molecule has 6 heteroatoms. The van der Waals surface area contributed by atoms with Gasteiger partial charge in [0.1, 0.15) is 11.2 Å². The molecule has 688 valence electrons. The van der Waals surface area contributed by atoms with Gasteiger partial charge < -0.3 is 27.3 Å². The second-order valence-electron chi connectivity index (χ2n) is 42.1.